The van der Waals surface area contributed by atoms with Gasteiger partial charge >= 0.3 is 5.97 Å². The van der Waals surface area contributed by atoms with Crippen molar-refractivity contribution in [2.75, 3.05) is 0 Å². The number of aliphatic carboxylic acids is 1. The molecule has 0 aliphatic carbocycles. The van der Waals surface area contributed by atoms with Crippen LogP contribution < -0.4 is 0 Å². The van der Waals surface area contributed by atoms with Crippen LogP contribution in [0.1, 0.15) is 51.3 Å². The van der Waals surface area contributed by atoms with Gasteiger partial charge in [0.15, 0.2) is 5.12 Å². The van der Waals surface area contributed by atoms with Crippen molar-refractivity contribution in [2.45, 2.75) is 45.8 Å². The maximum Gasteiger partial charge on any atom is 0.303 e. The van der Waals surface area contributed by atoms with Crippen LogP contribution in [0.2, 0.25) is 0 Å². The Balaban J connectivity index is 2.75. The minimum absolute atomic E-state index is 0.0395. The molecule has 0 fully saturated rings. The highest BCUT2D eigenvalue weighted by Crippen LogP contribution is 2.44. The number of hydrogen-bond donors (Lipinski definition) is 1. The molecule has 0 amide bonds. The zero-order chi connectivity index (χ0) is 16.0. The summed E-state index contributed by atoms with van der Waals surface area (Å²) in [5, 5.41) is 8.90. The van der Waals surface area contributed by atoms with Gasteiger partial charge in [-0.1, -0.05) is 69.8 Å². The number of carbonyl (C=O) groups is 2. The van der Waals surface area contributed by atoms with Crippen molar-refractivity contribution >= 4 is 22.8 Å². The van der Waals surface area contributed by atoms with Gasteiger partial charge in [0.2, 0.25) is 0 Å². The normalized spacial score (nSPS) is 14.5. The first-order valence-corrected chi connectivity index (χ1v) is 8.04. The van der Waals surface area contributed by atoms with E-state index in [0.29, 0.717) is 6.42 Å². The maximum atomic E-state index is 12.2. The Kier molecular flexibility index (Phi) is 6.46. The highest BCUT2D eigenvalue weighted by Gasteiger charge is 2.29. The van der Waals surface area contributed by atoms with Crippen molar-refractivity contribution < 1.29 is 14.7 Å². The largest absolute Gasteiger partial charge is 0.481 e. The van der Waals surface area contributed by atoms with Crippen LogP contribution in [0.15, 0.2) is 30.3 Å². The minimum Gasteiger partial charge on any atom is -0.481 e. The molecule has 1 aromatic rings. The number of carbonyl (C=O) groups excluding carboxylic acids is 1. The van der Waals surface area contributed by atoms with Crippen LogP contribution in [0, 0.1) is 11.3 Å². The van der Waals surface area contributed by atoms with E-state index in [-0.39, 0.29) is 28.1 Å². The first-order chi connectivity index (χ1) is 9.70. The summed E-state index contributed by atoms with van der Waals surface area (Å²) < 4.78 is 0. The molecule has 0 saturated carbocycles. The fourth-order valence-corrected chi connectivity index (χ4v) is 3.50. The molecule has 2 unspecified atom stereocenters. The molecule has 1 aromatic carbocycles. The molecular weight excluding hydrogens is 284 g/mol. The first-order valence-electron chi connectivity index (χ1n) is 7.16. The summed E-state index contributed by atoms with van der Waals surface area (Å²) >= 11 is 1.33. The van der Waals surface area contributed by atoms with Crippen LogP contribution in [0.25, 0.3) is 0 Å². The molecule has 0 aliphatic heterocycles. The Hall–Kier alpha value is -1.29. The zero-order valence-corrected chi connectivity index (χ0v) is 13.9. The number of hydrogen-bond acceptors (Lipinski definition) is 3. The molecule has 4 heteroatoms. The third-order valence-electron chi connectivity index (χ3n) is 3.18. The Morgan fingerprint density at radius 2 is 1.71 bits per heavy atom. The molecule has 0 bridgehead atoms. The molecule has 0 aliphatic rings. The summed E-state index contributed by atoms with van der Waals surface area (Å²) in [6.45, 7) is 8.16. The monoisotopic (exact) mass is 308 g/mol. The van der Waals surface area contributed by atoms with Gasteiger partial charge in [0.1, 0.15) is 0 Å². The van der Waals surface area contributed by atoms with Crippen molar-refractivity contribution in [3.05, 3.63) is 35.9 Å². The summed E-state index contributed by atoms with van der Waals surface area (Å²) in [5.74, 6) is -0.977. The van der Waals surface area contributed by atoms with Crippen molar-refractivity contribution in [2.24, 2.45) is 11.3 Å². The van der Waals surface area contributed by atoms with E-state index in [0.717, 1.165) is 5.56 Å². The van der Waals surface area contributed by atoms with Crippen LogP contribution in [0.4, 0.5) is 0 Å². The lowest BCUT2D eigenvalue weighted by molar-refractivity contribution is -0.138. The van der Waals surface area contributed by atoms with E-state index >= 15 is 0 Å². The molecule has 0 heterocycles. The Morgan fingerprint density at radius 1 is 1.14 bits per heavy atom. The maximum absolute atomic E-state index is 12.2. The van der Waals surface area contributed by atoms with Gasteiger partial charge in [-0.05, 0) is 16.9 Å². The van der Waals surface area contributed by atoms with Gasteiger partial charge in [-0.3, -0.25) is 9.59 Å². The lowest BCUT2D eigenvalue weighted by Gasteiger charge is -2.30. The molecule has 3 nitrogen and oxygen atoms in total. The smallest absolute Gasteiger partial charge is 0.303 e. The average molecular weight is 308 g/mol. The SMILES string of the molecule is CC(CC(=O)O)CC(=O)SC(c1ccccc1)C(C)(C)C. The lowest BCUT2D eigenvalue weighted by atomic mass is 9.87. The fraction of sp³-hybridized carbons (Fsp3) is 0.529. The van der Waals surface area contributed by atoms with Crippen molar-refractivity contribution in [3.8, 4) is 0 Å². The van der Waals surface area contributed by atoms with Crippen LogP contribution in [0.3, 0.4) is 0 Å². The minimum atomic E-state index is -0.851. The molecule has 0 aromatic heterocycles. The van der Waals surface area contributed by atoms with E-state index in [9.17, 15) is 9.59 Å². The van der Waals surface area contributed by atoms with Gasteiger partial charge in [-0.25, -0.2) is 0 Å². The zero-order valence-electron chi connectivity index (χ0n) is 13.1. The summed E-state index contributed by atoms with van der Waals surface area (Å²) in [5.41, 5.74) is 1.09. The van der Waals surface area contributed by atoms with Crippen molar-refractivity contribution in [1.82, 2.24) is 0 Å². The molecular formula is C17H24O3S. The topological polar surface area (TPSA) is 54.4 Å². The molecule has 21 heavy (non-hydrogen) atoms. The van der Waals surface area contributed by atoms with Gasteiger partial charge in [0.25, 0.3) is 0 Å². The average Bonchev–Trinajstić information content (AvgIpc) is 2.34. The lowest BCUT2D eigenvalue weighted by Crippen LogP contribution is -2.18. The molecule has 1 N–H and O–H groups in total. The van der Waals surface area contributed by atoms with Gasteiger partial charge in [-0.2, -0.15) is 0 Å². The van der Waals surface area contributed by atoms with E-state index in [4.69, 9.17) is 5.11 Å². The van der Waals surface area contributed by atoms with E-state index < -0.39 is 5.97 Å². The predicted octanol–water partition coefficient (Wildman–Crippen LogP) is 4.53. The van der Waals surface area contributed by atoms with E-state index in [1.807, 2.05) is 30.3 Å². The van der Waals surface area contributed by atoms with E-state index in [2.05, 4.69) is 20.8 Å². The molecule has 0 spiro atoms. The van der Waals surface area contributed by atoms with Gasteiger partial charge < -0.3 is 5.11 Å². The van der Waals surface area contributed by atoms with Crippen molar-refractivity contribution in [3.63, 3.8) is 0 Å². The highest BCUT2D eigenvalue weighted by atomic mass is 32.2. The third kappa shape index (κ3) is 6.34. The summed E-state index contributed by atoms with van der Waals surface area (Å²) in [7, 11) is 0. The summed E-state index contributed by atoms with van der Waals surface area (Å²) in [6.07, 6.45) is 0.341. The summed E-state index contributed by atoms with van der Waals surface area (Å²) in [4.78, 5) is 22.9. The van der Waals surface area contributed by atoms with E-state index in [1.165, 1.54) is 11.8 Å². The molecule has 0 radical (unpaired) electrons. The standard InChI is InChI=1S/C17H24O3S/c1-12(10-14(18)19)11-15(20)21-16(17(2,3)4)13-8-6-5-7-9-13/h5-9,12,16H,10-11H2,1-4H3,(H,18,19). The second-order valence-corrected chi connectivity index (χ2v) is 7.72. The quantitative estimate of drug-likeness (QED) is 0.838. The van der Waals surface area contributed by atoms with E-state index in [1.54, 1.807) is 6.92 Å². The number of benzene rings is 1. The molecule has 2 atom stereocenters. The molecule has 1 rings (SSSR count). The second-order valence-electron chi connectivity index (χ2n) is 6.55. The Morgan fingerprint density at radius 3 is 2.19 bits per heavy atom. The van der Waals surface area contributed by atoms with Crippen LogP contribution in [0.5, 0.6) is 0 Å². The predicted molar refractivity (Wildman–Crippen MR) is 87.3 cm³/mol. The number of carboxylic acids is 1. The van der Waals surface area contributed by atoms with Gasteiger partial charge in [0, 0.05) is 18.1 Å². The van der Waals surface area contributed by atoms with Crippen LogP contribution >= 0.6 is 11.8 Å². The van der Waals surface area contributed by atoms with Gasteiger partial charge in [0.05, 0.1) is 0 Å². The Bertz CT molecular complexity index is 477. The van der Waals surface area contributed by atoms with Crippen molar-refractivity contribution in [1.29, 1.82) is 0 Å². The number of rotatable bonds is 6. The Labute approximate surface area is 131 Å². The fourth-order valence-electron chi connectivity index (χ4n) is 2.21. The van der Waals surface area contributed by atoms with Gasteiger partial charge in [-0.15, -0.1) is 0 Å². The highest BCUT2D eigenvalue weighted by molar-refractivity contribution is 8.13. The number of thioether (sulfide) groups is 1. The second kappa shape index (κ2) is 7.64. The third-order valence-corrected chi connectivity index (χ3v) is 4.82. The summed E-state index contributed by atoms with van der Waals surface area (Å²) in [6, 6.07) is 10.00. The van der Waals surface area contributed by atoms with Crippen LogP contribution in [-0.4, -0.2) is 16.2 Å². The molecule has 0 saturated heterocycles. The number of carboxylic acid groups (broad SMARTS) is 1. The first kappa shape index (κ1) is 17.8. The van der Waals surface area contributed by atoms with Crippen LogP contribution in [-0.2, 0) is 9.59 Å². The molecule has 116 valence electrons.